The van der Waals surface area contributed by atoms with E-state index in [4.69, 9.17) is 5.73 Å². The second-order valence-electron chi connectivity index (χ2n) is 5.65. The fraction of sp³-hybridized carbons (Fsp3) is 0.643. The molecule has 0 saturated heterocycles. The summed E-state index contributed by atoms with van der Waals surface area (Å²) in [5.41, 5.74) is 5.94. The van der Waals surface area contributed by atoms with Gasteiger partial charge in [0.1, 0.15) is 5.82 Å². The van der Waals surface area contributed by atoms with Gasteiger partial charge in [0.05, 0.1) is 0 Å². The maximum Gasteiger partial charge on any atom is 0.271 e. The first-order chi connectivity index (χ1) is 9.40. The topological polar surface area (TPSA) is 92.9 Å². The number of nitrogens with one attached hydrogen (secondary N) is 2. The normalized spacial score (nSPS) is 13.9. The Morgan fingerprint density at radius 3 is 2.55 bits per heavy atom. The van der Waals surface area contributed by atoms with Crippen molar-refractivity contribution < 1.29 is 4.79 Å². The van der Waals surface area contributed by atoms with E-state index in [9.17, 15) is 4.79 Å². The van der Waals surface area contributed by atoms with E-state index in [1.54, 1.807) is 12.1 Å². The predicted octanol–water partition coefficient (Wildman–Crippen LogP) is 1.40. The van der Waals surface area contributed by atoms with E-state index in [1.807, 2.05) is 6.92 Å². The molecular formula is C14H25N5O. The summed E-state index contributed by atoms with van der Waals surface area (Å²) in [4.78, 5) is 11.6. The van der Waals surface area contributed by atoms with Gasteiger partial charge in [0.2, 0.25) is 0 Å². The van der Waals surface area contributed by atoms with Gasteiger partial charge >= 0.3 is 0 Å². The summed E-state index contributed by atoms with van der Waals surface area (Å²) in [6, 6.07) is 3.42. The molecule has 0 aliphatic rings. The number of nitrogens with zero attached hydrogens (tertiary/aromatic N) is 2. The van der Waals surface area contributed by atoms with Gasteiger partial charge in [0.25, 0.3) is 5.91 Å². The standard InChI is InChI=1S/C14H25N5O/c1-5-16-13(20)11-6-7-12(19-18-11)17-14(4,9-15)8-10(2)3/h6-7,10H,5,8-9,15H2,1-4H3,(H,16,20)(H,17,19). The third kappa shape index (κ3) is 4.77. The van der Waals surface area contributed by atoms with E-state index in [0.717, 1.165) is 6.42 Å². The van der Waals surface area contributed by atoms with Gasteiger partial charge in [-0.15, -0.1) is 10.2 Å². The van der Waals surface area contributed by atoms with Crippen molar-refractivity contribution in [1.29, 1.82) is 0 Å². The average Bonchev–Trinajstić information content (AvgIpc) is 2.39. The fourth-order valence-corrected chi connectivity index (χ4v) is 2.17. The van der Waals surface area contributed by atoms with Crippen LogP contribution in [-0.4, -0.2) is 34.7 Å². The molecule has 6 nitrogen and oxygen atoms in total. The molecule has 1 rings (SSSR count). The Balaban J connectivity index is 2.75. The molecule has 1 atom stereocenters. The number of aromatic nitrogens is 2. The second kappa shape index (κ2) is 7.19. The van der Waals surface area contributed by atoms with Gasteiger partial charge in [0, 0.05) is 18.6 Å². The number of hydrogen-bond donors (Lipinski definition) is 3. The Labute approximate surface area is 120 Å². The second-order valence-corrected chi connectivity index (χ2v) is 5.65. The summed E-state index contributed by atoms with van der Waals surface area (Å²) in [6.07, 6.45) is 0.934. The fourth-order valence-electron chi connectivity index (χ4n) is 2.17. The van der Waals surface area contributed by atoms with Crippen molar-refractivity contribution in [3.8, 4) is 0 Å². The van der Waals surface area contributed by atoms with Crippen LogP contribution in [0.3, 0.4) is 0 Å². The molecule has 0 saturated carbocycles. The molecule has 0 aliphatic carbocycles. The molecule has 0 fully saturated rings. The van der Waals surface area contributed by atoms with Crippen LogP contribution >= 0.6 is 0 Å². The van der Waals surface area contributed by atoms with Crippen LogP contribution in [0.25, 0.3) is 0 Å². The Hall–Kier alpha value is -1.69. The molecule has 0 radical (unpaired) electrons. The van der Waals surface area contributed by atoms with E-state index in [2.05, 4.69) is 41.6 Å². The van der Waals surface area contributed by atoms with Crippen molar-refractivity contribution in [2.75, 3.05) is 18.4 Å². The summed E-state index contributed by atoms with van der Waals surface area (Å²) in [5, 5.41) is 14.0. The van der Waals surface area contributed by atoms with Gasteiger partial charge in [-0.1, -0.05) is 13.8 Å². The summed E-state index contributed by atoms with van der Waals surface area (Å²) >= 11 is 0. The Morgan fingerprint density at radius 1 is 1.40 bits per heavy atom. The maximum absolute atomic E-state index is 11.6. The lowest BCUT2D eigenvalue weighted by molar-refractivity contribution is 0.0950. The largest absolute Gasteiger partial charge is 0.362 e. The minimum atomic E-state index is -0.226. The van der Waals surface area contributed by atoms with Crippen LogP contribution < -0.4 is 16.4 Å². The van der Waals surface area contributed by atoms with E-state index >= 15 is 0 Å². The summed E-state index contributed by atoms with van der Waals surface area (Å²) in [7, 11) is 0. The molecule has 1 heterocycles. The highest BCUT2D eigenvalue weighted by atomic mass is 16.1. The Bertz CT molecular complexity index is 432. The van der Waals surface area contributed by atoms with E-state index in [1.165, 1.54) is 0 Å². The highest BCUT2D eigenvalue weighted by Crippen LogP contribution is 2.20. The van der Waals surface area contributed by atoms with Crippen molar-refractivity contribution in [2.45, 2.75) is 39.7 Å². The first-order valence-corrected chi connectivity index (χ1v) is 7.00. The molecule has 112 valence electrons. The molecule has 0 bridgehead atoms. The lowest BCUT2D eigenvalue weighted by Gasteiger charge is -2.31. The van der Waals surface area contributed by atoms with Crippen LogP contribution in [0.5, 0.6) is 0 Å². The molecule has 1 amide bonds. The first kappa shape index (κ1) is 16.4. The number of amides is 1. The first-order valence-electron chi connectivity index (χ1n) is 7.00. The van der Waals surface area contributed by atoms with E-state index in [0.29, 0.717) is 30.5 Å². The van der Waals surface area contributed by atoms with Gasteiger partial charge in [-0.05, 0) is 38.3 Å². The summed E-state index contributed by atoms with van der Waals surface area (Å²) in [5.74, 6) is 0.945. The van der Waals surface area contributed by atoms with Gasteiger partial charge in [-0.25, -0.2) is 0 Å². The number of nitrogens with two attached hydrogens (primary N) is 1. The molecule has 0 spiro atoms. The quantitative estimate of drug-likeness (QED) is 0.701. The lowest BCUT2D eigenvalue weighted by atomic mass is 9.91. The van der Waals surface area contributed by atoms with Crippen molar-refractivity contribution in [3.63, 3.8) is 0 Å². The molecule has 6 heteroatoms. The van der Waals surface area contributed by atoms with Crippen molar-refractivity contribution in [1.82, 2.24) is 15.5 Å². The highest BCUT2D eigenvalue weighted by Gasteiger charge is 2.24. The van der Waals surface area contributed by atoms with Crippen LogP contribution in [0, 0.1) is 5.92 Å². The average molecular weight is 279 g/mol. The summed E-state index contributed by atoms with van der Waals surface area (Å²) in [6.45, 7) is 9.30. The van der Waals surface area contributed by atoms with Crippen molar-refractivity contribution >= 4 is 11.7 Å². The number of rotatable bonds is 7. The minimum Gasteiger partial charge on any atom is -0.362 e. The smallest absolute Gasteiger partial charge is 0.271 e. The monoisotopic (exact) mass is 279 g/mol. The Morgan fingerprint density at radius 2 is 2.10 bits per heavy atom. The van der Waals surface area contributed by atoms with Crippen LogP contribution in [0.4, 0.5) is 5.82 Å². The zero-order valence-corrected chi connectivity index (χ0v) is 12.7. The summed E-state index contributed by atoms with van der Waals surface area (Å²) < 4.78 is 0. The SMILES string of the molecule is CCNC(=O)c1ccc(NC(C)(CN)CC(C)C)nn1. The number of anilines is 1. The van der Waals surface area contributed by atoms with Gasteiger partial charge in [-0.3, -0.25) is 4.79 Å². The van der Waals surface area contributed by atoms with E-state index < -0.39 is 0 Å². The molecule has 0 aromatic carbocycles. The van der Waals surface area contributed by atoms with Gasteiger partial charge < -0.3 is 16.4 Å². The van der Waals surface area contributed by atoms with E-state index in [-0.39, 0.29) is 11.4 Å². The third-order valence-corrected chi connectivity index (χ3v) is 2.97. The van der Waals surface area contributed by atoms with Crippen LogP contribution in [-0.2, 0) is 0 Å². The van der Waals surface area contributed by atoms with Crippen molar-refractivity contribution in [3.05, 3.63) is 17.8 Å². The Kier molecular flexibility index (Phi) is 5.88. The van der Waals surface area contributed by atoms with Gasteiger partial charge in [0.15, 0.2) is 5.69 Å². The number of carbonyl (C=O) groups is 1. The minimum absolute atomic E-state index is 0.213. The molecule has 20 heavy (non-hydrogen) atoms. The predicted molar refractivity (Wildman–Crippen MR) is 80.6 cm³/mol. The number of hydrogen-bond acceptors (Lipinski definition) is 5. The highest BCUT2D eigenvalue weighted by molar-refractivity contribution is 5.92. The number of carbonyl (C=O) groups excluding carboxylic acids is 1. The molecule has 1 aromatic heterocycles. The molecule has 4 N–H and O–H groups in total. The molecular weight excluding hydrogens is 254 g/mol. The maximum atomic E-state index is 11.6. The van der Waals surface area contributed by atoms with Crippen molar-refractivity contribution in [2.24, 2.45) is 11.7 Å². The zero-order chi connectivity index (χ0) is 15.2. The van der Waals surface area contributed by atoms with Crippen LogP contribution in [0.1, 0.15) is 44.6 Å². The zero-order valence-electron chi connectivity index (χ0n) is 12.7. The molecule has 1 unspecified atom stereocenters. The van der Waals surface area contributed by atoms with Crippen LogP contribution in [0.15, 0.2) is 12.1 Å². The van der Waals surface area contributed by atoms with Crippen LogP contribution in [0.2, 0.25) is 0 Å². The molecule has 0 aliphatic heterocycles. The third-order valence-electron chi connectivity index (χ3n) is 2.97. The molecule has 1 aromatic rings. The lowest BCUT2D eigenvalue weighted by Crippen LogP contribution is -2.44. The van der Waals surface area contributed by atoms with Gasteiger partial charge in [-0.2, -0.15) is 0 Å².